The number of nitrogens with zero attached hydrogens (tertiary/aromatic N) is 2. The Balaban J connectivity index is 1.46. The van der Waals surface area contributed by atoms with Crippen LogP contribution >= 0.6 is 11.8 Å². The van der Waals surface area contributed by atoms with Gasteiger partial charge in [0.25, 0.3) is 0 Å². The lowest BCUT2D eigenvalue weighted by Crippen LogP contribution is -2.18. The maximum absolute atomic E-state index is 12.5. The zero-order chi connectivity index (χ0) is 17.9. The van der Waals surface area contributed by atoms with Crippen molar-refractivity contribution in [2.75, 3.05) is 19.8 Å². The number of benzene rings is 2. The number of hydrogen-bond donors (Lipinski definition) is 0. The molecule has 2 heterocycles. The molecule has 2 aromatic rings. The number of rotatable bonds is 2. The Morgan fingerprint density at radius 3 is 2.46 bits per heavy atom. The van der Waals surface area contributed by atoms with Gasteiger partial charge in [-0.1, -0.05) is 17.7 Å². The zero-order valence-corrected chi connectivity index (χ0v) is 14.9. The number of carbonyl (C=O) groups is 1. The summed E-state index contributed by atoms with van der Waals surface area (Å²) in [5.74, 6) is 1.70. The summed E-state index contributed by atoms with van der Waals surface area (Å²) in [7, 11) is 0. The predicted molar refractivity (Wildman–Crippen MR) is 100 cm³/mol. The second kappa shape index (κ2) is 7.21. The minimum Gasteiger partial charge on any atom is -0.486 e. The highest BCUT2D eigenvalue weighted by Crippen LogP contribution is 2.32. The molecular formula is C19H16N2O4S. The lowest BCUT2D eigenvalue weighted by molar-refractivity contribution is 0.108. The van der Waals surface area contributed by atoms with E-state index in [4.69, 9.17) is 14.2 Å². The van der Waals surface area contributed by atoms with Gasteiger partial charge in [-0.2, -0.15) is 0 Å². The summed E-state index contributed by atoms with van der Waals surface area (Å²) in [6.45, 7) is 3.23. The molecule has 0 unspecified atom stereocenters. The molecule has 132 valence electrons. The first-order valence-corrected chi connectivity index (χ1v) is 8.97. The van der Waals surface area contributed by atoms with Crippen LogP contribution in [-0.2, 0) is 4.74 Å². The Bertz CT molecular complexity index is 906. The van der Waals surface area contributed by atoms with Crippen LogP contribution in [0.5, 0.6) is 11.5 Å². The van der Waals surface area contributed by atoms with Gasteiger partial charge in [-0.05, 0) is 49.0 Å². The molecule has 0 fully saturated rings. The lowest BCUT2D eigenvalue weighted by Gasteiger charge is -2.18. The third-order valence-electron chi connectivity index (χ3n) is 3.87. The number of aryl methyl sites for hydroxylation is 1. The standard InChI is InChI=1S/C19H16N2O4S/c1-12-2-4-13(5-3-12)18-21-20-17(11-25-18)26-19(22)14-6-7-15-16(10-14)24-9-8-23-15/h2-7,10H,8-9,11H2,1H3. The van der Waals surface area contributed by atoms with Crippen LogP contribution in [0.15, 0.2) is 52.7 Å². The molecule has 4 rings (SSSR count). The summed E-state index contributed by atoms with van der Waals surface area (Å²) in [5.41, 5.74) is 2.55. The molecule has 0 saturated heterocycles. The highest BCUT2D eigenvalue weighted by atomic mass is 32.2. The van der Waals surface area contributed by atoms with E-state index < -0.39 is 0 Å². The summed E-state index contributed by atoms with van der Waals surface area (Å²) < 4.78 is 16.6. The van der Waals surface area contributed by atoms with E-state index in [0.717, 1.165) is 22.9 Å². The van der Waals surface area contributed by atoms with Crippen molar-refractivity contribution >= 4 is 27.8 Å². The topological polar surface area (TPSA) is 69.5 Å². The van der Waals surface area contributed by atoms with E-state index >= 15 is 0 Å². The predicted octanol–water partition coefficient (Wildman–Crippen LogP) is 3.43. The van der Waals surface area contributed by atoms with Crippen molar-refractivity contribution < 1.29 is 19.0 Å². The van der Waals surface area contributed by atoms with Crippen molar-refractivity contribution in [1.82, 2.24) is 0 Å². The Hall–Kier alpha value is -2.80. The summed E-state index contributed by atoms with van der Waals surface area (Å²) in [4.78, 5) is 12.5. The van der Waals surface area contributed by atoms with Gasteiger partial charge >= 0.3 is 0 Å². The highest BCUT2D eigenvalue weighted by Gasteiger charge is 2.20. The van der Waals surface area contributed by atoms with E-state index in [-0.39, 0.29) is 11.7 Å². The van der Waals surface area contributed by atoms with Crippen LogP contribution in [-0.4, -0.2) is 35.9 Å². The lowest BCUT2D eigenvalue weighted by atomic mass is 10.1. The SMILES string of the molecule is Cc1ccc(C2=NN=C(SC(=O)c3ccc4c(c3)OCCO4)CO2)cc1. The number of ether oxygens (including phenoxy) is 3. The van der Waals surface area contributed by atoms with E-state index in [9.17, 15) is 4.79 Å². The van der Waals surface area contributed by atoms with E-state index in [1.807, 2.05) is 31.2 Å². The number of fused-ring (bicyclic) bond motifs is 1. The molecule has 2 aliphatic heterocycles. The van der Waals surface area contributed by atoms with Crippen molar-refractivity contribution in [2.45, 2.75) is 6.92 Å². The molecule has 0 aliphatic carbocycles. The average molecular weight is 368 g/mol. The first kappa shape index (κ1) is 16.7. The van der Waals surface area contributed by atoms with Gasteiger partial charge in [0, 0.05) is 11.1 Å². The third kappa shape index (κ3) is 3.57. The molecular weight excluding hydrogens is 352 g/mol. The Kier molecular flexibility index (Phi) is 4.62. The summed E-state index contributed by atoms with van der Waals surface area (Å²) >= 11 is 1.01. The third-order valence-corrected chi connectivity index (χ3v) is 4.73. The Labute approximate surface area is 154 Å². The molecule has 0 bridgehead atoms. The summed E-state index contributed by atoms with van der Waals surface area (Å²) in [5, 5.41) is 8.59. The fourth-order valence-corrected chi connectivity index (χ4v) is 3.17. The van der Waals surface area contributed by atoms with E-state index in [1.54, 1.807) is 18.2 Å². The smallest absolute Gasteiger partial charge is 0.241 e. The second-order valence-corrected chi connectivity index (χ2v) is 6.85. The van der Waals surface area contributed by atoms with Crippen LogP contribution in [0.2, 0.25) is 0 Å². The maximum Gasteiger partial charge on any atom is 0.241 e. The minimum atomic E-state index is -0.140. The van der Waals surface area contributed by atoms with Gasteiger partial charge in [0.2, 0.25) is 11.0 Å². The average Bonchev–Trinajstić information content (AvgIpc) is 2.69. The van der Waals surface area contributed by atoms with Gasteiger partial charge in [0.15, 0.2) is 11.5 Å². The van der Waals surface area contributed by atoms with Crippen LogP contribution in [0.4, 0.5) is 0 Å². The van der Waals surface area contributed by atoms with Crippen LogP contribution in [0.3, 0.4) is 0 Å². The van der Waals surface area contributed by atoms with Crippen molar-refractivity contribution in [3.05, 3.63) is 59.2 Å². The van der Waals surface area contributed by atoms with Gasteiger partial charge in [-0.3, -0.25) is 4.79 Å². The summed E-state index contributed by atoms with van der Waals surface area (Å²) in [6, 6.07) is 13.0. The van der Waals surface area contributed by atoms with Crippen molar-refractivity contribution in [3.8, 4) is 11.5 Å². The molecule has 2 aliphatic rings. The first-order valence-electron chi connectivity index (χ1n) is 8.15. The van der Waals surface area contributed by atoms with E-state index in [0.29, 0.717) is 41.2 Å². The quantitative estimate of drug-likeness (QED) is 0.812. The van der Waals surface area contributed by atoms with Gasteiger partial charge < -0.3 is 14.2 Å². The maximum atomic E-state index is 12.5. The summed E-state index contributed by atoms with van der Waals surface area (Å²) in [6.07, 6.45) is 0. The van der Waals surface area contributed by atoms with Gasteiger partial charge in [-0.25, -0.2) is 0 Å². The fraction of sp³-hybridized carbons (Fsp3) is 0.211. The van der Waals surface area contributed by atoms with Crippen LogP contribution in [0, 0.1) is 6.92 Å². The number of hydrogen-bond acceptors (Lipinski definition) is 7. The van der Waals surface area contributed by atoms with Gasteiger partial charge in [0.1, 0.15) is 24.9 Å². The van der Waals surface area contributed by atoms with E-state index in [1.165, 1.54) is 0 Å². The highest BCUT2D eigenvalue weighted by molar-refractivity contribution is 8.26. The molecule has 0 aromatic heterocycles. The van der Waals surface area contributed by atoms with Crippen LogP contribution < -0.4 is 9.47 Å². The Morgan fingerprint density at radius 2 is 1.73 bits per heavy atom. The molecule has 0 amide bonds. The zero-order valence-electron chi connectivity index (χ0n) is 14.1. The minimum absolute atomic E-state index is 0.140. The molecule has 6 nitrogen and oxygen atoms in total. The van der Waals surface area contributed by atoms with Crippen LogP contribution in [0.1, 0.15) is 21.5 Å². The van der Waals surface area contributed by atoms with E-state index in [2.05, 4.69) is 10.2 Å². The van der Waals surface area contributed by atoms with Crippen molar-refractivity contribution in [1.29, 1.82) is 0 Å². The van der Waals surface area contributed by atoms with Crippen molar-refractivity contribution in [2.24, 2.45) is 10.2 Å². The monoisotopic (exact) mass is 368 g/mol. The molecule has 0 saturated carbocycles. The Morgan fingerprint density at radius 1 is 0.962 bits per heavy atom. The van der Waals surface area contributed by atoms with Gasteiger partial charge in [0.05, 0.1) is 0 Å². The molecule has 0 N–H and O–H groups in total. The second-order valence-electron chi connectivity index (χ2n) is 5.80. The molecule has 26 heavy (non-hydrogen) atoms. The molecule has 0 atom stereocenters. The number of carbonyl (C=O) groups excluding carboxylic acids is 1. The fourth-order valence-electron chi connectivity index (χ4n) is 2.51. The molecule has 0 spiro atoms. The molecule has 0 radical (unpaired) electrons. The van der Waals surface area contributed by atoms with Crippen molar-refractivity contribution in [3.63, 3.8) is 0 Å². The first-order chi connectivity index (χ1) is 12.7. The van der Waals surface area contributed by atoms with Gasteiger partial charge in [-0.15, -0.1) is 10.2 Å². The largest absolute Gasteiger partial charge is 0.486 e. The number of thioether (sulfide) groups is 1. The normalized spacial score (nSPS) is 15.6. The molecule has 7 heteroatoms. The molecule has 2 aromatic carbocycles. The van der Waals surface area contributed by atoms with Crippen LogP contribution in [0.25, 0.3) is 0 Å².